The summed E-state index contributed by atoms with van der Waals surface area (Å²) in [5.74, 6) is 0. The van der Waals surface area contributed by atoms with E-state index in [2.05, 4.69) is 5.32 Å². The van der Waals surface area contributed by atoms with Crippen molar-refractivity contribution in [1.82, 2.24) is 5.32 Å². The van der Waals surface area contributed by atoms with Crippen molar-refractivity contribution in [1.29, 1.82) is 0 Å². The van der Waals surface area contributed by atoms with Gasteiger partial charge in [0.2, 0.25) is 0 Å². The van der Waals surface area contributed by atoms with Crippen molar-refractivity contribution in [2.75, 3.05) is 13.1 Å². The van der Waals surface area contributed by atoms with Crippen LogP contribution >= 0.6 is 12.4 Å². The van der Waals surface area contributed by atoms with Crippen molar-refractivity contribution >= 4 is 21.9 Å². The van der Waals surface area contributed by atoms with Crippen molar-refractivity contribution in [3.05, 3.63) is 0 Å². The molecule has 1 aliphatic rings. The highest BCUT2D eigenvalue weighted by Gasteiger charge is 1.94. The number of hydrogen-bond donors (Lipinski definition) is 1. The quantitative estimate of drug-likeness (QED) is 0.465. The fraction of sp³-hybridized carbons (Fsp3) is 1.00. The number of halogens is 1. The molecular weight excluding hydrogens is 126 g/mol. The van der Waals surface area contributed by atoms with Crippen molar-refractivity contribution in [2.24, 2.45) is 0 Å². The van der Waals surface area contributed by atoms with E-state index in [-0.39, 0.29) is 12.4 Å². The zero-order chi connectivity index (χ0) is 4.24. The van der Waals surface area contributed by atoms with Gasteiger partial charge in [-0.15, -0.1) is 12.4 Å². The van der Waals surface area contributed by atoms with E-state index in [4.69, 9.17) is 0 Å². The lowest BCUT2D eigenvalue weighted by molar-refractivity contribution is 0.730. The first-order valence-corrected chi connectivity index (χ1v) is 4.71. The molecule has 44 valence electrons. The second-order valence-electron chi connectivity index (χ2n) is 1.81. The van der Waals surface area contributed by atoms with E-state index in [9.17, 15) is 0 Å². The van der Waals surface area contributed by atoms with Crippen molar-refractivity contribution in [3.63, 3.8) is 0 Å². The van der Waals surface area contributed by atoms with Crippen LogP contribution in [-0.4, -0.2) is 22.6 Å². The van der Waals surface area contributed by atoms with E-state index >= 15 is 0 Å². The fourth-order valence-corrected chi connectivity index (χ4v) is 2.16. The van der Waals surface area contributed by atoms with Crippen LogP contribution in [0.3, 0.4) is 0 Å². The molecule has 1 saturated heterocycles. The van der Waals surface area contributed by atoms with Gasteiger partial charge in [0.15, 0.2) is 0 Å². The van der Waals surface area contributed by atoms with Gasteiger partial charge in [-0.2, -0.15) is 0 Å². The van der Waals surface area contributed by atoms with Gasteiger partial charge in [0.25, 0.3) is 0 Å². The highest BCUT2D eigenvalue weighted by atomic mass is 35.5. The Morgan fingerprint density at radius 3 is 1.86 bits per heavy atom. The highest BCUT2D eigenvalue weighted by molar-refractivity contribution is 6.35. The number of hydrogen-bond acceptors (Lipinski definition) is 1. The molecule has 3 heteroatoms. The molecule has 0 atom stereocenters. The Labute approximate surface area is 53.1 Å². The van der Waals surface area contributed by atoms with Crippen molar-refractivity contribution in [3.8, 4) is 0 Å². The zero-order valence-electron chi connectivity index (χ0n) is 4.44. The van der Waals surface area contributed by atoms with Gasteiger partial charge in [-0.25, -0.2) is 0 Å². The summed E-state index contributed by atoms with van der Waals surface area (Å²) < 4.78 is 0. The van der Waals surface area contributed by atoms with Crippen LogP contribution in [0.1, 0.15) is 0 Å². The first kappa shape index (κ1) is 7.47. The lowest BCUT2D eigenvalue weighted by Gasteiger charge is -2.08. The molecule has 1 N–H and O–H groups in total. The van der Waals surface area contributed by atoms with Gasteiger partial charge in [-0.1, -0.05) is 12.1 Å². The molecule has 0 spiro atoms. The molecular formula is C4H12ClNSi. The summed E-state index contributed by atoms with van der Waals surface area (Å²) in [6.07, 6.45) is 0. The van der Waals surface area contributed by atoms with Crippen LogP contribution in [0.4, 0.5) is 0 Å². The maximum atomic E-state index is 3.32. The predicted octanol–water partition coefficient (Wildman–Crippen LogP) is 0.0168. The van der Waals surface area contributed by atoms with E-state index in [1.165, 1.54) is 25.2 Å². The molecule has 1 heterocycles. The molecule has 0 amide bonds. The Balaban J connectivity index is 0.000000360. The van der Waals surface area contributed by atoms with Crippen LogP contribution in [0.25, 0.3) is 0 Å². The summed E-state index contributed by atoms with van der Waals surface area (Å²) in [6.45, 7) is 2.62. The van der Waals surface area contributed by atoms with E-state index in [1.54, 1.807) is 0 Å². The molecule has 1 fully saturated rings. The smallest absolute Gasteiger partial charge is 0.0227 e. The van der Waals surface area contributed by atoms with Gasteiger partial charge in [-0.05, 0) is 13.1 Å². The molecule has 0 aromatic heterocycles. The summed E-state index contributed by atoms with van der Waals surface area (Å²) in [6, 6.07) is 3.06. The summed E-state index contributed by atoms with van der Waals surface area (Å²) in [5.41, 5.74) is 0. The van der Waals surface area contributed by atoms with Crippen LogP contribution in [0, 0.1) is 0 Å². The average molecular weight is 138 g/mol. The van der Waals surface area contributed by atoms with E-state index in [0.29, 0.717) is 9.52 Å². The van der Waals surface area contributed by atoms with Crippen molar-refractivity contribution < 1.29 is 0 Å². The Kier molecular flexibility index (Phi) is 4.93. The van der Waals surface area contributed by atoms with Crippen LogP contribution < -0.4 is 5.32 Å². The Morgan fingerprint density at radius 2 is 1.71 bits per heavy atom. The van der Waals surface area contributed by atoms with Gasteiger partial charge >= 0.3 is 0 Å². The van der Waals surface area contributed by atoms with E-state index < -0.39 is 0 Å². The lowest BCUT2D eigenvalue weighted by atomic mass is 10.6. The van der Waals surface area contributed by atoms with Gasteiger partial charge < -0.3 is 5.32 Å². The monoisotopic (exact) mass is 137 g/mol. The molecule has 0 saturated carbocycles. The van der Waals surface area contributed by atoms with Gasteiger partial charge in [0.05, 0.1) is 0 Å². The second kappa shape index (κ2) is 4.62. The summed E-state index contributed by atoms with van der Waals surface area (Å²) in [4.78, 5) is 0. The molecule has 0 aliphatic carbocycles. The molecule has 1 aliphatic heterocycles. The molecule has 0 unspecified atom stereocenters. The third kappa shape index (κ3) is 3.09. The van der Waals surface area contributed by atoms with Crippen LogP contribution in [-0.2, 0) is 0 Å². The summed E-state index contributed by atoms with van der Waals surface area (Å²) in [5, 5.41) is 3.32. The fourth-order valence-electron chi connectivity index (χ4n) is 0.802. The third-order valence-electron chi connectivity index (χ3n) is 1.21. The summed E-state index contributed by atoms with van der Waals surface area (Å²) in [7, 11) is 0.446. The van der Waals surface area contributed by atoms with Gasteiger partial charge in [0, 0.05) is 9.52 Å². The highest BCUT2D eigenvalue weighted by Crippen LogP contribution is 1.87. The van der Waals surface area contributed by atoms with E-state index in [0.717, 1.165) is 0 Å². The molecule has 1 rings (SSSR count). The Bertz CT molecular complexity index is 27.2. The first-order chi connectivity index (χ1) is 3.00. The van der Waals surface area contributed by atoms with E-state index in [1.807, 2.05) is 0 Å². The first-order valence-electron chi connectivity index (χ1n) is 2.71. The number of rotatable bonds is 0. The zero-order valence-corrected chi connectivity index (χ0v) is 6.67. The molecule has 0 aromatic carbocycles. The maximum absolute atomic E-state index is 3.32. The second-order valence-corrected chi connectivity index (χ2v) is 3.93. The van der Waals surface area contributed by atoms with Crippen LogP contribution in [0.2, 0.25) is 12.1 Å². The van der Waals surface area contributed by atoms with Crippen molar-refractivity contribution in [2.45, 2.75) is 12.1 Å². The van der Waals surface area contributed by atoms with Gasteiger partial charge in [-0.3, -0.25) is 0 Å². The predicted molar refractivity (Wildman–Crippen MR) is 38.3 cm³/mol. The van der Waals surface area contributed by atoms with Crippen LogP contribution in [0.5, 0.6) is 0 Å². The maximum Gasteiger partial charge on any atom is 0.0227 e. The minimum Gasteiger partial charge on any atom is -0.317 e. The normalized spacial score (nSPS) is 20.6. The third-order valence-corrected chi connectivity index (χ3v) is 2.91. The SMILES string of the molecule is C1C[SiH2]CCN1.Cl. The van der Waals surface area contributed by atoms with Crippen LogP contribution in [0.15, 0.2) is 0 Å². The van der Waals surface area contributed by atoms with Gasteiger partial charge in [0.1, 0.15) is 0 Å². The molecule has 7 heavy (non-hydrogen) atoms. The molecule has 0 aromatic rings. The molecule has 1 nitrogen and oxygen atoms in total. The number of nitrogens with one attached hydrogen (secondary N) is 1. The largest absolute Gasteiger partial charge is 0.317 e. The Hall–Kier alpha value is 0.467. The minimum atomic E-state index is 0. The standard InChI is InChI=1S/C4H11NSi.ClH/c1-3-6-4-2-5-1;/h5H,1-4,6H2;1H. The summed E-state index contributed by atoms with van der Waals surface area (Å²) >= 11 is 0. The molecule has 0 radical (unpaired) electrons. The average Bonchev–Trinajstić information content (AvgIpc) is 1.72. The minimum absolute atomic E-state index is 0. The topological polar surface area (TPSA) is 12.0 Å². The Morgan fingerprint density at radius 1 is 1.14 bits per heavy atom. The lowest BCUT2D eigenvalue weighted by Crippen LogP contribution is -2.24. The molecule has 0 bridgehead atoms.